The van der Waals surface area contributed by atoms with Crippen LogP contribution in [0.1, 0.15) is 84.0 Å². The van der Waals surface area contributed by atoms with E-state index in [-0.39, 0.29) is 0 Å². The van der Waals surface area contributed by atoms with Crippen molar-refractivity contribution in [3.8, 4) is 0 Å². The second-order valence-electron chi connectivity index (χ2n) is 6.04. The number of hydrogen-bond donors (Lipinski definition) is 2. The van der Waals surface area contributed by atoms with E-state index >= 15 is 0 Å². The van der Waals surface area contributed by atoms with Gasteiger partial charge >= 0.3 is 0 Å². The third kappa shape index (κ3) is 8.10. The van der Waals surface area contributed by atoms with Crippen LogP contribution in [0.25, 0.3) is 0 Å². The maximum atomic E-state index is 5.63. The highest BCUT2D eigenvalue weighted by molar-refractivity contribution is 4.71. The van der Waals surface area contributed by atoms with E-state index in [2.05, 4.69) is 12.2 Å². The first-order valence-electron chi connectivity index (χ1n) is 8.32. The summed E-state index contributed by atoms with van der Waals surface area (Å²) in [6.45, 7) is 3.49. The zero-order chi connectivity index (χ0) is 13.1. The van der Waals surface area contributed by atoms with Gasteiger partial charge in [-0.2, -0.15) is 0 Å². The van der Waals surface area contributed by atoms with Crippen molar-refractivity contribution in [3.63, 3.8) is 0 Å². The van der Waals surface area contributed by atoms with Crippen molar-refractivity contribution in [2.75, 3.05) is 6.54 Å². The Morgan fingerprint density at radius 1 is 0.889 bits per heavy atom. The number of unbranched alkanes of at least 4 members (excludes halogenated alkanes) is 1. The zero-order valence-electron chi connectivity index (χ0n) is 12.4. The summed E-state index contributed by atoms with van der Waals surface area (Å²) in [5, 5.41) is 3.62. The highest BCUT2D eigenvalue weighted by Crippen LogP contribution is 2.17. The summed E-state index contributed by atoms with van der Waals surface area (Å²) in [6, 6.07) is 1.39. The van der Waals surface area contributed by atoms with Crippen molar-refractivity contribution < 1.29 is 0 Å². The minimum absolute atomic E-state index is 0.536. The van der Waals surface area contributed by atoms with E-state index in [1.807, 2.05) is 0 Å². The van der Waals surface area contributed by atoms with E-state index < -0.39 is 0 Å². The predicted octanol–water partition coefficient (Wildman–Crippen LogP) is 3.99. The fourth-order valence-corrected chi connectivity index (χ4v) is 2.92. The second kappa shape index (κ2) is 10.8. The molecule has 2 nitrogen and oxygen atoms in total. The largest absolute Gasteiger partial charge is 0.328 e. The SMILES string of the molecule is CCCCNC1CCCCC1.NC1CCCCC1. The molecule has 3 N–H and O–H groups in total. The number of hydrogen-bond acceptors (Lipinski definition) is 2. The third-order valence-electron chi connectivity index (χ3n) is 4.22. The molecule has 108 valence electrons. The summed E-state index contributed by atoms with van der Waals surface area (Å²) in [5.74, 6) is 0. The average Bonchev–Trinajstić information content (AvgIpc) is 2.42. The molecule has 0 spiro atoms. The molecule has 2 heteroatoms. The van der Waals surface area contributed by atoms with Crippen LogP contribution in [0.2, 0.25) is 0 Å². The minimum Gasteiger partial charge on any atom is -0.328 e. The van der Waals surface area contributed by atoms with Crippen LogP contribution >= 0.6 is 0 Å². The smallest absolute Gasteiger partial charge is 0.00670 e. The Morgan fingerprint density at radius 2 is 1.44 bits per heavy atom. The van der Waals surface area contributed by atoms with Crippen LogP contribution in [0.3, 0.4) is 0 Å². The number of nitrogens with one attached hydrogen (secondary N) is 1. The van der Waals surface area contributed by atoms with Gasteiger partial charge in [-0.1, -0.05) is 51.9 Å². The zero-order valence-corrected chi connectivity index (χ0v) is 12.4. The lowest BCUT2D eigenvalue weighted by atomic mass is 9.95. The topological polar surface area (TPSA) is 38.0 Å². The maximum absolute atomic E-state index is 5.63. The van der Waals surface area contributed by atoms with E-state index in [9.17, 15) is 0 Å². The van der Waals surface area contributed by atoms with Gasteiger partial charge < -0.3 is 11.1 Å². The van der Waals surface area contributed by atoms with Gasteiger partial charge in [-0.15, -0.1) is 0 Å². The second-order valence-corrected chi connectivity index (χ2v) is 6.04. The van der Waals surface area contributed by atoms with Gasteiger partial charge in [0.25, 0.3) is 0 Å². The van der Waals surface area contributed by atoms with Gasteiger partial charge in [-0.05, 0) is 38.6 Å². The van der Waals surface area contributed by atoms with Crippen molar-refractivity contribution in [3.05, 3.63) is 0 Å². The molecule has 0 aliphatic heterocycles. The Bertz CT molecular complexity index is 170. The van der Waals surface area contributed by atoms with Crippen molar-refractivity contribution >= 4 is 0 Å². The normalized spacial score (nSPS) is 22.3. The van der Waals surface area contributed by atoms with Crippen LogP contribution in [-0.4, -0.2) is 18.6 Å². The molecule has 0 aromatic heterocycles. The molecule has 2 aliphatic carbocycles. The first-order valence-corrected chi connectivity index (χ1v) is 8.32. The van der Waals surface area contributed by atoms with E-state index in [1.54, 1.807) is 0 Å². The molecular formula is C16H34N2. The standard InChI is InChI=1S/C10H21N.C6H13N/c1-2-3-9-11-10-7-5-4-6-8-10;7-6-4-2-1-3-5-6/h10-11H,2-9H2,1H3;6H,1-5,7H2. The van der Waals surface area contributed by atoms with Crippen LogP contribution in [0.4, 0.5) is 0 Å². The summed E-state index contributed by atoms with van der Waals surface area (Å²) < 4.78 is 0. The lowest BCUT2D eigenvalue weighted by molar-refractivity contribution is 0.372. The van der Waals surface area contributed by atoms with Crippen LogP contribution in [-0.2, 0) is 0 Å². The summed E-state index contributed by atoms with van der Waals surface area (Å²) in [7, 11) is 0. The van der Waals surface area contributed by atoms with Gasteiger partial charge in [0.2, 0.25) is 0 Å². The molecule has 2 saturated carbocycles. The average molecular weight is 254 g/mol. The van der Waals surface area contributed by atoms with Gasteiger partial charge in [-0.25, -0.2) is 0 Å². The lowest BCUT2D eigenvalue weighted by Gasteiger charge is -2.22. The van der Waals surface area contributed by atoms with E-state index in [1.165, 1.54) is 83.6 Å². The quantitative estimate of drug-likeness (QED) is 0.745. The molecule has 0 radical (unpaired) electrons. The summed E-state index contributed by atoms with van der Waals surface area (Å²) in [5.41, 5.74) is 5.63. The molecule has 2 aliphatic rings. The highest BCUT2D eigenvalue weighted by atomic mass is 14.9. The molecule has 0 bridgehead atoms. The van der Waals surface area contributed by atoms with E-state index in [0.29, 0.717) is 6.04 Å². The molecule has 18 heavy (non-hydrogen) atoms. The van der Waals surface area contributed by atoms with Gasteiger partial charge in [0, 0.05) is 12.1 Å². The fourth-order valence-electron chi connectivity index (χ4n) is 2.92. The molecule has 2 fully saturated rings. The Hall–Kier alpha value is -0.0800. The first-order chi connectivity index (χ1) is 8.83. The summed E-state index contributed by atoms with van der Waals surface area (Å²) >= 11 is 0. The van der Waals surface area contributed by atoms with Crippen LogP contribution in [0.15, 0.2) is 0 Å². The Kier molecular flexibility index (Phi) is 9.59. The summed E-state index contributed by atoms with van der Waals surface area (Å²) in [6.07, 6.45) is 16.5. The van der Waals surface area contributed by atoms with Crippen LogP contribution < -0.4 is 11.1 Å². The molecule has 2 rings (SSSR count). The minimum atomic E-state index is 0.536. The molecule has 0 aromatic rings. The van der Waals surface area contributed by atoms with Crippen LogP contribution in [0, 0.1) is 0 Å². The van der Waals surface area contributed by atoms with Gasteiger partial charge in [-0.3, -0.25) is 0 Å². The molecule has 0 atom stereocenters. The molecule has 0 amide bonds. The maximum Gasteiger partial charge on any atom is 0.00670 e. The van der Waals surface area contributed by atoms with E-state index in [0.717, 1.165) is 6.04 Å². The van der Waals surface area contributed by atoms with Crippen molar-refractivity contribution in [1.82, 2.24) is 5.32 Å². The Balaban J connectivity index is 0.000000199. The predicted molar refractivity (Wildman–Crippen MR) is 80.8 cm³/mol. The number of nitrogens with two attached hydrogens (primary N) is 1. The van der Waals surface area contributed by atoms with Crippen molar-refractivity contribution in [2.45, 2.75) is 96.1 Å². The Morgan fingerprint density at radius 3 is 1.89 bits per heavy atom. The molecule has 0 aromatic carbocycles. The Labute approximate surface area is 114 Å². The molecule has 0 unspecified atom stereocenters. The monoisotopic (exact) mass is 254 g/mol. The first kappa shape index (κ1) is 16.0. The third-order valence-corrected chi connectivity index (χ3v) is 4.22. The fraction of sp³-hybridized carbons (Fsp3) is 1.00. The van der Waals surface area contributed by atoms with E-state index in [4.69, 9.17) is 5.73 Å². The van der Waals surface area contributed by atoms with Gasteiger partial charge in [0.15, 0.2) is 0 Å². The van der Waals surface area contributed by atoms with Crippen molar-refractivity contribution in [1.29, 1.82) is 0 Å². The summed E-state index contributed by atoms with van der Waals surface area (Å²) in [4.78, 5) is 0. The highest BCUT2D eigenvalue weighted by Gasteiger charge is 2.11. The molecular weight excluding hydrogens is 220 g/mol. The lowest BCUT2D eigenvalue weighted by Crippen LogP contribution is -2.31. The molecule has 0 saturated heterocycles. The number of rotatable bonds is 4. The van der Waals surface area contributed by atoms with Gasteiger partial charge in [0.05, 0.1) is 0 Å². The molecule has 0 heterocycles. The van der Waals surface area contributed by atoms with Gasteiger partial charge in [0.1, 0.15) is 0 Å². The van der Waals surface area contributed by atoms with Crippen molar-refractivity contribution in [2.24, 2.45) is 5.73 Å². The van der Waals surface area contributed by atoms with Crippen LogP contribution in [0.5, 0.6) is 0 Å².